The summed E-state index contributed by atoms with van der Waals surface area (Å²) in [6.45, 7) is 0.684. The predicted octanol–water partition coefficient (Wildman–Crippen LogP) is 0.781. The van der Waals surface area contributed by atoms with Crippen molar-refractivity contribution in [3.05, 3.63) is 0 Å². The Hall–Kier alpha value is -0.910. The quantitative estimate of drug-likeness (QED) is 0.755. The van der Waals surface area contributed by atoms with Crippen LogP contribution in [0.15, 0.2) is 0 Å². The first kappa shape index (κ1) is 14.0. The smallest absolute Gasteiger partial charge is 0.227 e. The van der Waals surface area contributed by atoms with E-state index in [9.17, 15) is 18.0 Å². The Labute approximate surface area is 119 Å². The van der Waals surface area contributed by atoms with Gasteiger partial charge in [-0.25, -0.2) is 8.42 Å². The van der Waals surface area contributed by atoms with Crippen LogP contribution >= 0.6 is 0 Å². The number of carbonyl (C=O) groups excluding carboxylic acids is 2. The topological polar surface area (TPSA) is 71.5 Å². The maximum Gasteiger partial charge on any atom is 0.227 e. The second kappa shape index (κ2) is 5.13. The Morgan fingerprint density at radius 2 is 1.95 bits per heavy atom. The van der Waals surface area contributed by atoms with Crippen LogP contribution in [0.25, 0.3) is 0 Å². The second-order valence-electron chi connectivity index (χ2n) is 6.31. The molecule has 3 unspecified atom stereocenters. The molecule has 0 bridgehead atoms. The van der Waals surface area contributed by atoms with E-state index in [0.29, 0.717) is 19.4 Å². The zero-order valence-electron chi connectivity index (χ0n) is 11.6. The lowest BCUT2D eigenvalue weighted by atomic mass is 9.94. The van der Waals surface area contributed by atoms with Gasteiger partial charge in [0.25, 0.3) is 0 Å². The maximum atomic E-state index is 12.6. The molecule has 3 fully saturated rings. The van der Waals surface area contributed by atoms with Crippen molar-refractivity contribution in [3.8, 4) is 0 Å². The van der Waals surface area contributed by atoms with Crippen molar-refractivity contribution in [1.82, 2.24) is 4.90 Å². The summed E-state index contributed by atoms with van der Waals surface area (Å²) in [7, 11) is -3.03. The molecular formula is C14H21NO4S. The first-order valence-corrected chi connectivity index (χ1v) is 9.34. The van der Waals surface area contributed by atoms with Crippen LogP contribution in [0, 0.1) is 11.8 Å². The normalized spacial score (nSPS) is 36.7. The number of Topliss-reactive ketones (excluding diaryl/α,β-unsaturated/α-hetero) is 1. The highest BCUT2D eigenvalue weighted by molar-refractivity contribution is 7.91. The molecule has 0 radical (unpaired) electrons. The summed E-state index contributed by atoms with van der Waals surface area (Å²) in [6, 6.07) is 0.0285. The minimum absolute atomic E-state index is 0.000500. The molecule has 3 rings (SSSR count). The summed E-state index contributed by atoms with van der Waals surface area (Å²) in [5.41, 5.74) is 0. The lowest BCUT2D eigenvalue weighted by Crippen LogP contribution is -2.44. The Balaban J connectivity index is 1.72. The maximum absolute atomic E-state index is 12.6. The van der Waals surface area contributed by atoms with E-state index in [2.05, 4.69) is 0 Å². The van der Waals surface area contributed by atoms with E-state index in [1.54, 1.807) is 0 Å². The van der Waals surface area contributed by atoms with E-state index in [1.807, 2.05) is 4.90 Å². The molecule has 0 aromatic rings. The molecule has 3 aliphatic rings. The number of ketones is 1. The summed E-state index contributed by atoms with van der Waals surface area (Å²) >= 11 is 0. The van der Waals surface area contributed by atoms with Gasteiger partial charge in [-0.05, 0) is 32.1 Å². The summed E-state index contributed by atoms with van der Waals surface area (Å²) in [5.74, 6) is -0.00336. The number of carbonyl (C=O) groups is 2. The van der Waals surface area contributed by atoms with Gasteiger partial charge in [-0.3, -0.25) is 9.59 Å². The number of rotatable bonds is 2. The fourth-order valence-corrected chi connectivity index (χ4v) is 5.69. The van der Waals surface area contributed by atoms with E-state index in [-0.39, 0.29) is 41.1 Å². The van der Waals surface area contributed by atoms with Gasteiger partial charge in [0.2, 0.25) is 5.91 Å². The summed E-state index contributed by atoms with van der Waals surface area (Å²) in [4.78, 5) is 26.3. The van der Waals surface area contributed by atoms with Crippen LogP contribution in [0.2, 0.25) is 0 Å². The summed E-state index contributed by atoms with van der Waals surface area (Å²) < 4.78 is 23.1. The van der Waals surface area contributed by atoms with Crippen LogP contribution in [0.3, 0.4) is 0 Å². The van der Waals surface area contributed by atoms with Gasteiger partial charge < -0.3 is 4.90 Å². The minimum Gasteiger partial charge on any atom is -0.339 e. The molecule has 0 N–H and O–H groups in total. The van der Waals surface area contributed by atoms with E-state index < -0.39 is 9.84 Å². The van der Waals surface area contributed by atoms with E-state index in [1.165, 1.54) is 0 Å². The molecular weight excluding hydrogens is 278 g/mol. The first-order valence-electron chi connectivity index (χ1n) is 7.51. The molecule has 6 heteroatoms. The van der Waals surface area contributed by atoms with Gasteiger partial charge in [-0.1, -0.05) is 0 Å². The Morgan fingerprint density at radius 3 is 2.55 bits per heavy atom. The third kappa shape index (κ3) is 2.50. The number of nitrogens with zero attached hydrogens (tertiary/aromatic N) is 1. The van der Waals surface area contributed by atoms with Crippen molar-refractivity contribution in [2.75, 3.05) is 18.1 Å². The lowest BCUT2D eigenvalue weighted by molar-refractivity contribution is -0.137. The van der Waals surface area contributed by atoms with Crippen LogP contribution in [0.1, 0.15) is 38.5 Å². The van der Waals surface area contributed by atoms with Gasteiger partial charge in [0.05, 0.1) is 17.4 Å². The number of amides is 1. The predicted molar refractivity (Wildman–Crippen MR) is 73.8 cm³/mol. The molecule has 2 saturated heterocycles. The third-order valence-corrected chi connectivity index (χ3v) is 6.75. The molecule has 1 amide bonds. The summed E-state index contributed by atoms with van der Waals surface area (Å²) in [5, 5.41) is 0. The molecule has 1 aliphatic carbocycles. The molecule has 0 spiro atoms. The molecule has 2 heterocycles. The van der Waals surface area contributed by atoms with Gasteiger partial charge in [-0.2, -0.15) is 0 Å². The molecule has 0 aromatic heterocycles. The van der Waals surface area contributed by atoms with Gasteiger partial charge in [0.15, 0.2) is 9.84 Å². The van der Waals surface area contributed by atoms with Gasteiger partial charge in [0, 0.05) is 24.9 Å². The molecule has 3 atom stereocenters. The van der Waals surface area contributed by atoms with Crippen molar-refractivity contribution in [3.63, 3.8) is 0 Å². The zero-order valence-corrected chi connectivity index (χ0v) is 12.4. The SMILES string of the molecule is O=C1CCCC1C1CCCN1C(=O)C1CCS(=O)(=O)C1. The number of hydrogen-bond acceptors (Lipinski definition) is 4. The Kier molecular flexibility index (Phi) is 3.60. The van der Waals surface area contributed by atoms with Crippen LogP contribution in [-0.2, 0) is 19.4 Å². The highest BCUT2D eigenvalue weighted by Crippen LogP contribution is 2.35. The van der Waals surface area contributed by atoms with Crippen LogP contribution in [0.5, 0.6) is 0 Å². The van der Waals surface area contributed by atoms with Crippen molar-refractivity contribution in [1.29, 1.82) is 0 Å². The Morgan fingerprint density at radius 1 is 1.15 bits per heavy atom. The monoisotopic (exact) mass is 299 g/mol. The summed E-state index contributed by atoms with van der Waals surface area (Å²) in [6.07, 6.45) is 4.72. The Bertz CT molecular complexity index is 527. The van der Waals surface area contributed by atoms with Gasteiger partial charge in [0.1, 0.15) is 5.78 Å². The number of sulfone groups is 1. The van der Waals surface area contributed by atoms with Crippen molar-refractivity contribution >= 4 is 21.5 Å². The minimum atomic E-state index is -3.03. The van der Waals surface area contributed by atoms with Gasteiger partial charge >= 0.3 is 0 Å². The fraction of sp³-hybridized carbons (Fsp3) is 0.857. The van der Waals surface area contributed by atoms with E-state index in [4.69, 9.17) is 0 Å². The lowest BCUT2D eigenvalue weighted by Gasteiger charge is -2.30. The number of hydrogen-bond donors (Lipinski definition) is 0. The van der Waals surface area contributed by atoms with Crippen LogP contribution < -0.4 is 0 Å². The molecule has 112 valence electrons. The molecule has 5 nitrogen and oxygen atoms in total. The highest BCUT2D eigenvalue weighted by atomic mass is 32.2. The fourth-order valence-electron chi connectivity index (χ4n) is 3.96. The first-order chi connectivity index (χ1) is 9.48. The standard InChI is InChI=1S/C14H21NO4S/c16-13-5-1-3-11(13)12-4-2-7-15(12)14(17)10-6-8-20(18,19)9-10/h10-12H,1-9H2. The molecule has 1 saturated carbocycles. The van der Waals surface area contributed by atoms with Crippen molar-refractivity contribution in [2.24, 2.45) is 11.8 Å². The van der Waals surface area contributed by atoms with E-state index in [0.717, 1.165) is 25.7 Å². The molecule has 2 aliphatic heterocycles. The second-order valence-corrected chi connectivity index (χ2v) is 8.53. The highest BCUT2D eigenvalue weighted by Gasteiger charge is 2.43. The van der Waals surface area contributed by atoms with Crippen LogP contribution in [-0.4, -0.2) is 49.1 Å². The molecule has 0 aromatic carbocycles. The largest absolute Gasteiger partial charge is 0.339 e. The van der Waals surface area contributed by atoms with E-state index >= 15 is 0 Å². The molecule has 20 heavy (non-hydrogen) atoms. The van der Waals surface area contributed by atoms with Crippen molar-refractivity contribution in [2.45, 2.75) is 44.6 Å². The van der Waals surface area contributed by atoms with Crippen LogP contribution in [0.4, 0.5) is 0 Å². The van der Waals surface area contributed by atoms with Gasteiger partial charge in [-0.15, -0.1) is 0 Å². The van der Waals surface area contributed by atoms with Crippen molar-refractivity contribution < 1.29 is 18.0 Å². The number of likely N-dealkylation sites (tertiary alicyclic amines) is 1. The average Bonchev–Trinajstić information content (AvgIpc) is 3.07. The third-order valence-electron chi connectivity index (χ3n) is 4.98. The average molecular weight is 299 g/mol. The zero-order chi connectivity index (χ0) is 14.3.